The predicted octanol–water partition coefficient (Wildman–Crippen LogP) is 3.05. The topological polar surface area (TPSA) is 44.7 Å². The molecule has 2 aromatic carbocycles. The van der Waals surface area contributed by atoms with Crippen molar-refractivity contribution in [2.45, 2.75) is 32.0 Å². The highest BCUT2D eigenvalue weighted by Gasteiger charge is 2.42. The summed E-state index contributed by atoms with van der Waals surface area (Å²) in [6, 6.07) is 14.7. The summed E-state index contributed by atoms with van der Waals surface area (Å²) in [5.41, 5.74) is 2.91. The Bertz CT molecular complexity index is 852. The Morgan fingerprint density at radius 3 is 2.58 bits per heavy atom. The lowest BCUT2D eigenvalue weighted by Crippen LogP contribution is -2.50. The Kier molecular flexibility index (Phi) is 4.32. The molecule has 0 atom stereocenters. The summed E-state index contributed by atoms with van der Waals surface area (Å²) in [5, 5.41) is 3.04. The summed E-state index contributed by atoms with van der Waals surface area (Å²) in [5.74, 6) is -0.561. The zero-order valence-electron chi connectivity index (χ0n) is 14.8. The van der Waals surface area contributed by atoms with Gasteiger partial charge in [-0.1, -0.05) is 42.0 Å². The molecule has 2 aliphatic rings. The van der Waals surface area contributed by atoms with Crippen molar-refractivity contribution >= 4 is 11.6 Å². The molecule has 0 aromatic heterocycles. The number of hydrogen-bond acceptors (Lipinski definition) is 3. The van der Waals surface area contributed by atoms with E-state index in [1.165, 1.54) is 23.3 Å². The number of carbonyl (C=O) groups excluding carboxylic acids is 1. The average Bonchev–Trinajstić information content (AvgIpc) is 2.95. The van der Waals surface area contributed by atoms with Crippen molar-refractivity contribution in [3.05, 3.63) is 71.0 Å². The van der Waals surface area contributed by atoms with Gasteiger partial charge in [-0.25, -0.2) is 4.39 Å². The molecule has 1 N–H and O–H groups in total. The lowest BCUT2D eigenvalue weighted by Gasteiger charge is -2.37. The van der Waals surface area contributed by atoms with Crippen LogP contribution in [0, 0.1) is 12.7 Å². The normalized spacial score (nSPS) is 19.5. The molecule has 0 unspecified atom stereocenters. The average molecular weight is 351 g/mol. The van der Waals surface area contributed by atoms with Crippen molar-refractivity contribution in [3.63, 3.8) is 0 Å². The number of nitrogens with zero attached hydrogens (tertiary/aromatic N) is 2. The zero-order chi connectivity index (χ0) is 18.1. The van der Waals surface area contributed by atoms with E-state index >= 15 is 0 Å². The number of hydrogen-bond donors (Lipinski definition) is 1. The maximum absolute atomic E-state index is 13.5. The SMILES string of the molecule is Cc1ccc(CN2CCC3(CC2)N=C(c2cccc(F)c2)C(=O)N3)cc1. The smallest absolute Gasteiger partial charge is 0.272 e. The number of aryl methyl sites for hydroxylation is 1. The van der Waals surface area contributed by atoms with Gasteiger partial charge in [0.2, 0.25) is 0 Å². The van der Waals surface area contributed by atoms with Crippen molar-refractivity contribution in [3.8, 4) is 0 Å². The molecular weight excluding hydrogens is 329 g/mol. The minimum Gasteiger partial charge on any atom is -0.326 e. The van der Waals surface area contributed by atoms with Crippen molar-refractivity contribution in [1.29, 1.82) is 0 Å². The monoisotopic (exact) mass is 351 g/mol. The predicted molar refractivity (Wildman–Crippen MR) is 99.5 cm³/mol. The number of piperidine rings is 1. The van der Waals surface area contributed by atoms with E-state index in [1.807, 2.05) is 0 Å². The summed E-state index contributed by atoms with van der Waals surface area (Å²) in [6.45, 7) is 4.73. The van der Waals surface area contributed by atoms with Gasteiger partial charge in [-0.15, -0.1) is 0 Å². The third-order valence-corrected chi connectivity index (χ3v) is 5.20. The maximum atomic E-state index is 13.5. The van der Waals surface area contributed by atoms with Crippen molar-refractivity contribution in [2.24, 2.45) is 4.99 Å². The zero-order valence-corrected chi connectivity index (χ0v) is 14.8. The summed E-state index contributed by atoms with van der Waals surface area (Å²) < 4.78 is 13.5. The van der Waals surface area contributed by atoms with Crippen LogP contribution in [0.2, 0.25) is 0 Å². The Morgan fingerprint density at radius 2 is 1.88 bits per heavy atom. The van der Waals surface area contributed by atoms with E-state index in [0.717, 1.165) is 32.5 Å². The maximum Gasteiger partial charge on any atom is 0.272 e. The Labute approximate surface area is 152 Å². The van der Waals surface area contributed by atoms with Crippen LogP contribution in [0.3, 0.4) is 0 Å². The first-order valence-corrected chi connectivity index (χ1v) is 8.99. The Morgan fingerprint density at radius 1 is 1.15 bits per heavy atom. The van der Waals surface area contributed by atoms with Gasteiger partial charge in [0.15, 0.2) is 0 Å². The first-order valence-electron chi connectivity index (χ1n) is 8.99. The fourth-order valence-corrected chi connectivity index (χ4v) is 3.66. The third-order valence-electron chi connectivity index (χ3n) is 5.20. The van der Waals surface area contributed by atoms with Gasteiger partial charge in [-0.2, -0.15) is 0 Å². The first-order chi connectivity index (χ1) is 12.5. The second kappa shape index (κ2) is 6.65. The van der Waals surface area contributed by atoms with Gasteiger partial charge in [-0.05, 0) is 24.6 Å². The number of halogens is 1. The number of benzene rings is 2. The van der Waals surface area contributed by atoms with Gasteiger partial charge in [0.1, 0.15) is 17.2 Å². The van der Waals surface area contributed by atoms with Crippen LogP contribution in [-0.4, -0.2) is 35.3 Å². The molecule has 2 aliphatic heterocycles. The minimum absolute atomic E-state index is 0.206. The largest absolute Gasteiger partial charge is 0.326 e. The highest BCUT2D eigenvalue weighted by Crippen LogP contribution is 2.29. The lowest BCUT2D eigenvalue weighted by molar-refractivity contribution is -0.115. The lowest BCUT2D eigenvalue weighted by atomic mass is 9.97. The van der Waals surface area contributed by atoms with Crippen molar-refractivity contribution in [1.82, 2.24) is 10.2 Å². The molecule has 0 radical (unpaired) electrons. The van der Waals surface area contributed by atoms with Crippen LogP contribution in [0.5, 0.6) is 0 Å². The molecule has 0 saturated carbocycles. The van der Waals surface area contributed by atoms with Crippen LogP contribution in [-0.2, 0) is 11.3 Å². The molecule has 1 spiro atoms. The van der Waals surface area contributed by atoms with E-state index in [-0.39, 0.29) is 11.7 Å². The van der Waals surface area contributed by atoms with Crippen LogP contribution in [0.1, 0.15) is 29.5 Å². The highest BCUT2D eigenvalue weighted by atomic mass is 19.1. The molecule has 4 nitrogen and oxygen atoms in total. The molecule has 2 heterocycles. The van der Waals surface area contributed by atoms with E-state index in [9.17, 15) is 9.18 Å². The van der Waals surface area contributed by atoms with Gasteiger partial charge in [0, 0.05) is 38.0 Å². The molecule has 26 heavy (non-hydrogen) atoms. The summed E-state index contributed by atoms with van der Waals surface area (Å²) in [6.07, 6.45) is 1.53. The van der Waals surface area contributed by atoms with Crippen molar-refractivity contribution < 1.29 is 9.18 Å². The summed E-state index contributed by atoms with van der Waals surface area (Å²) in [4.78, 5) is 19.5. The molecule has 2 aromatic rings. The van der Waals surface area contributed by atoms with Gasteiger partial charge in [0.25, 0.3) is 5.91 Å². The number of nitrogens with one attached hydrogen (secondary N) is 1. The highest BCUT2D eigenvalue weighted by molar-refractivity contribution is 6.46. The fourth-order valence-electron chi connectivity index (χ4n) is 3.66. The Balaban J connectivity index is 1.45. The fraction of sp³-hybridized carbons (Fsp3) is 0.333. The minimum atomic E-state index is -0.539. The quantitative estimate of drug-likeness (QED) is 0.924. The molecule has 134 valence electrons. The van der Waals surface area contributed by atoms with Crippen LogP contribution in [0.4, 0.5) is 4.39 Å². The summed E-state index contributed by atoms with van der Waals surface area (Å²) in [7, 11) is 0. The molecule has 0 bridgehead atoms. The second-order valence-electron chi connectivity index (χ2n) is 7.22. The van der Waals surface area contributed by atoms with Gasteiger partial charge < -0.3 is 5.32 Å². The van der Waals surface area contributed by atoms with Crippen LogP contribution in [0.15, 0.2) is 53.5 Å². The number of carbonyl (C=O) groups is 1. The number of amides is 1. The van der Waals surface area contributed by atoms with E-state index in [0.29, 0.717) is 11.3 Å². The van der Waals surface area contributed by atoms with Crippen molar-refractivity contribution in [2.75, 3.05) is 13.1 Å². The van der Waals surface area contributed by atoms with E-state index < -0.39 is 5.66 Å². The van der Waals surface area contributed by atoms with E-state index in [2.05, 4.69) is 46.4 Å². The molecule has 1 amide bonds. The number of rotatable bonds is 3. The molecule has 1 saturated heterocycles. The standard InChI is InChI=1S/C21H22FN3O/c1-15-5-7-16(8-6-15)14-25-11-9-21(10-12-25)23-19(20(26)24-21)17-3-2-4-18(22)13-17/h2-8,13H,9-12,14H2,1H3,(H,24,26). The number of aliphatic imine (C=N–C) groups is 1. The summed E-state index contributed by atoms with van der Waals surface area (Å²) >= 11 is 0. The Hall–Kier alpha value is -2.53. The van der Waals surface area contributed by atoms with Gasteiger partial charge in [-0.3, -0.25) is 14.7 Å². The van der Waals surface area contributed by atoms with Gasteiger partial charge in [0.05, 0.1) is 0 Å². The first kappa shape index (κ1) is 16.9. The molecular formula is C21H22FN3O. The molecule has 5 heteroatoms. The van der Waals surface area contributed by atoms with Gasteiger partial charge >= 0.3 is 0 Å². The molecule has 1 fully saturated rings. The third kappa shape index (κ3) is 3.40. The van der Waals surface area contributed by atoms with E-state index in [1.54, 1.807) is 12.1 Å². The van der Waals surface area contributed by atoms with Crippen LogP contribution < -0.4 is 5.32 Å². The molecule has 0 aliphatic carbocycles. The number of likely N-dealkylation sites (tertiary alicyclic amines) is 1. The second-order valence-corrected chi connectivity index (χ2v) is 7.22. The molecule has 4 rings (SSSR count). The van der Waals surface area contributed by atoms with E-state index in [4.69, 9.17) is 0 Å². The van der Waals surface area contributed by atoms with Crippen LogP contribution in [0.25, 0.3) is 0 Å². The van der Waals surface area contributed by atoms with Crippen LogP contribution >= 0.6 is 0 Å².